The maximum Gasteiger partial charge on any atom is 0.261 e. The molecule has 1 amide bonds. The smallest absolute Gasteiger partial charge is 0.261 e. The molecular formula is C20H19F2N3OS. The number of amides is 1. The largest absolute Gasteiger partial charge is 0.350 e. The van der Waals surface area contributed by atoms with Gasteiger partial charge in [0.15, 0.2) is 11.6 Å². The molecule has 0 bridgehead atoms. The van der Waals surface area contributed by atoms with Gasteiger partial charge in [-0.15, -0.1) is 11.3 Å². The Labute approximate surface area is 160 Å². The third-order valence-corrected chi connectivity index (χ3v) is 4.83. The Hall–Kier alpha value is -2.64. The molecule has 2 heterocycles. The van der Waals surface area contributed by atoms with Crippen molar-refractivity contribution in [3.63, 3.8) is 0 Å². The number of nitrogens with one attached hydrogen (secondary N) is 1. The Morgan fingerprint density at radius 1 is 1.07 bits per heavy atom. The number of pyridine rings is 1. The molecule has 0 aliphatic rings. The van der Waals surface area contributed by atoms with Crippen LogP contribution >= 0.6 is 11.3 Å². The van der Waals surface area contributed by atoms with Crippen LogP contribution in [0.4, 0.5) is 8.78 Å². The summed E-state index contributed by atoms with van der Waals surface area (Å²) in [6.07, 6.45) is 1.71. The number of hydrogen-bond donors (Lipinski definition) is 1. The van der Waals surface area contributed by atoms with Crippen LogP contribution in [0.25, 0.3) is 0 Å². The van der Waals surface area contributed by atoms with Crippen molar-refractivity contribution in [2.45, 2.75) is 13.1 Å². The second-order valence-corrected chi connectivity index (χ2v) is 6.96. The second kappa shape index (κ2) is 9.34. The molecule has 7 heteroatoms. The number of hydrogen-bond acceptors (Lipinski definition) is 4. The third kappa shape index (κ3) is 5.67. The topological polar surface area (TPSA) is 45.2 Å². The molecule has 0 radical (unpaired) electrons. The first kappa shape index (κ1) is 19.1. The maximum atomic E-state index is 13.5. The summed E-state index contributed by atoms with van der Waals surface area (Å²) in [5, 5.41) is 4.74. The molecule has 1 aromatic carbocycles. The van der Waals surface area contributed by atoms with E-state index >= 15 is 0 Å². The van der Waals surface area contributed by atoms with Crippen molar-refractivity contribution in [1.29, 1.82) is 0 Å². The van der Waals surface area contributed by atoms with E-state index in [1.807, 2.05) is 34.5 Å². The Morgan fingerprint density at radius 2 is 1.96 bits per heavy atom. The zero-order valence-corrected chi connectivity index (χ0v) is 15.4. The van der Waals surface area contributed by atoms with Gasteiger partial charge in [-0.05, 0) is 41.3 Å². The number of rotatable bonds is 8. The SMILES string of the molecule is O=C(NCCN(Cc1ccc(F)c(F)c1)Cc1ccccn1)c1cccs1. The summed E-state index contributed by atoms with van der Waals surface area (Å²) >= 11 is 1.39. The molecule has 4 nitrogen and oxygen atoms in total. The van der Waals surface area contributed by atoms with Gasteiger partial charge in [-0.25, -0.2) is 8.78 Å². The summed E-state index contributed by atoms with van der Waals surface area (Å²) in [5.41, 5.74) is 1.53. The molecule has 140 valence electrons. The van der Waals surface area contributed by atoms with Crippen molar-refractivity contribution < 1.29 is 13.6 Å². The lowest BCUT2D eigenvalue weighted by Gasteiger charge is -2.22. The van der Waals surface area contributed by atoms with E-state index in [0.29, 0.717) is 36.6 Å². The number of nitrogens with zero attached hydrogens (tertiary/aromatic N) is 2. The monoisotopic (exact) mass is 387 g/mol. The molecule has 2 aromatic heterocycles. The molecule has 0 saturated carbocycles. The molecule has 1 N–H and O–H groups in total. The Bertz CT molecular complexity index is 872. The molecule has 0 fully saturated rings. The summed E-state index contributed by atoms with van der Waals surface area (Å²) < 4.78 is 26.7. The predicted molar refractivity (Wildman–Crippen MR) is 101 cm³/mol. The maximum absolute atomic E-state index is 13.5. The average Bonchev–Trinajstić information content (AvgIpc) is 3.20. The minimum absolute atomic E-state index is 0.115. The van der Waals surface area contributed by atoms with Crippen LogP contribution in [0.1, 0.15) is 20.9 Å². The Kier molecular flexibility index (Phi) is 6.62. The number of thiophene rings is 1. The standard InChI is InChI=1S/C20H19F2N3OS/c21-17-7-6-15(12-18(17)22)13-25(14-16-4-1-2-8-23-16)10-9-24-20(26)19-5-3-11-27-19/h1-8,11-12H,9-10,13-14H2,(H,24,26). The van der Waals surface area contributed by atoms with Crippen LogP contribution in [-0.2, 0) is 13.1 Å². The fourth-order valence-corrected chi connectivity index (χ4v) is 3.29. The van der Waals surface area contributed by atoms with Crippen molar-refractivity contribution in [2.75, 3.05) is 13.1 Å². The van der Waals surface area contributed by atoms with Crippen LogP contribution in [0.5, 0.6) is 0 Å². The third-order valence-electron chi connectivity index (χ3n) is 3.96. The molecule has 3 rings (SSSR count). The molecule has 27 heavy (non-hydrogen) atoms. The number of benzene rings is 1. The summed E-state index contributed by atoms with van der Waals surface area (Å²) in [7, 11) is 0. The molecule has 0 saturated heterocycles. The lowest BCUT2D eigenvalue weighted by Crippen LogP contribution is -2.34. The summed E-state index contributed by atoms with van der Waals surface area (Å²) in [6.45, 7) is 1.94. The highest BCUT2D eigenvalue weighted by molar-refractivity contribution is 7.12. The van der Waals surface area contributed by atoms with Gasteiger partial charge < -0.3 is 5.32 Å². The van der Waals surface area contributed by atoms with Gasteiger partial charge in [-0.2, -0.15) is 0 Å². The number of carbonyl (C=O) groups excluding carboxylic acids is 1. The van der Waals surface area contributed by atoms with Gasteiger partial charge in [-0.3, -0.25) is 14.7 Å². The number of carbonyl (C=O) groups is 1. The highest BCUT2D eigenvalue weighted by atomic mass is 32.1. The van der Waals surface area contributed by atoms with E-state index in [0.717, 1.165) is 11.8 Å². The summed E-state index contributed by atoms with van der Waals surface area (Å²) in [4.78, 5) is 19.1. The molecule has 0 aliphatic carbocycles. The van der Waals surface area contributed by atoms with Crippen molar-refractivity contribution in [3.05, 3.63) is 87.9 Å². The highest BCUT2D eigenvalue weighted by Gasteiger charge is 2.12. The second-order valence-electron chi connectivity index (χ2n) is 6.01. The number of halogens is 2. The minimum atomic E-state index is -0.865. The van der Waals surface area contributed by atoms with Crippen LogP contribution in [0.3, 0.4) is 0 Å². The fourth-order valence-electron chi connectivity index (χ4n) is 2.65. The lowest BCUT2D eigenvalue weighted by atomic mass is 10.2. The fraction of sp³-hybridized carbons (Fsp3) is 0.200. The van der Waals surface area contributed by atoms with E-state index in [-0.39, 0.29) is 5.91 Å². The van der Waals surface area contributed by atoms with Gasteiger partial charge in [-0.1, -0.05) is 18.2 Å². The average molecular weight is 387 g/mol. The first-order valence-corrected chi connectivity index (χ1v) is 9.37. The zero-order chi connectivity index (χ0) is 19.1. The first-order valence-electron chi connectivity index (χ1n) is 8.50. The van der Waals surface area contributed by atoms with Crippen LogP contribution in [0.2, 0.25) is 0 Å². The molecule has 0 spiro atoms. The van der Waals surface area contributed by atoms with E-state index in [9.17, 15) is 13.6 Å². The van der Waals surface area contributed by atoms with Gasteiger partial charge in [0.2, 0.25) is 0 Å². The van der Waals surface area contributed by atoms with Crippen LogP contribution in [0, 0.1) is 11.6 Å². The first-order chi connectivity index (χ1) is 13.1. The van der Waals surface area contributed by atoms with Crippen molar-refractivity contribution >= 4 is 17.2 Å². The van der Waals surface area contributed by atoms with Gasteiger partial charge >= 0.3 is 0 Å². The van der Waals surface area contributed by atoms with Gasteiger partial charge in [0.05, 0.1) is 10.6 Å². The minimum Gasteiger partial charge on any atom is -0.350 e. The highest BCUT2D eigenvalue weighted by Crippen LogP contribution is 2.13. The van der Waals surface area contributed by atoms with Gasteiger partial charge in [0.25, 0.3) is 5.91 Å². The van der Waals surface area contributed by atoms with E-state index < -0.39 is 11.6 Å². The predicted octanol–water partition coefficient (Wildman–Crippen LogP) is 3.85. The van der Waals surface area contributed by atoms with Crippen molar-refractivity contribution in [2.24, 2.45) is 0 Å². The Morgan fingerprint density at radius 3 is 2.67 bits per heavy atom. The molecule has 0 aliphatic heterocycles. The van der Waals surface area contributed by atoms with E-state index in [1.54, 1.807) is 18.3 Å². The Balaban J connectivity index is 1.63. The van der Waals surface area contributed by atoms with Crippen LogP contribution < -0.4 is 5.32 Å². The molecular weight excluding hydrogens is 368 g/mol. The molecule has 0 atom stereocenters. The van der Waals surface area contributed by atoms with Gasteiger partial charge in [0, 0.05) is 32.4 Å². The zero-order valence-electron chi connectivity index (χ0n) is 14.6. The number of aromatic nitrogens is 1. The molecule has 0 unspecified atom stereocenters. The van der Waals surface area contributed by atoms with E-state index in [2.05, 4.69) is 10.3 Å². The van der Waals surface area contributed by atoms with Crippen LogP contribution in [0.15, 0.2) is 60.1 Å². The normalized spacial score (nSPS) is 10.9. The quantitative estimate of drug-likeness (QED) is 0.639. The summed E-state index contributed by atoms with van der Waals surface area (Å²) in [5.74, 6) is -1.84. The lowest BCUT2D eigenvalue weighted by molar-refractivity contribution is 0.0951. The van der Waals surface area contributed by atoms with Gasteiger partial charge in [0.1, 0.15) is 0 Å². The van der Waals surface area contributed by atoms with Crippen LogP contribution in [-0.4, -0.2) is 28.9 Å². The van der Waals surface area contributed by atoms with E-state index in [1.165, 1.54) is 17.4 Å². The van der Waals surface area contributed by atoms with E-state index in [4.69, 9.17) is 0 Å². The van der Waals surface area contributed by atoms with Crippen molar-refractivity contribution in [3.8, 4) is 0 Å². The summed E-state index contributed by atoms with van der Waals surface area (Å²) in [6, 6.07) is 13.1. The molecule has 3 aromatic rings. The van der Waals surface area contributed by atoms with Crippen molar-refractivity contribution in [1.82, 2.24) is 15.2 Å².